The van der Waals surface area contributed by atoms with Gasteiger partial charge in [-0.2, -0.15) is 0 Å². The Labute approximate surface area is 219 Å². The fourth-order valence-electron chi connectivity index (χ4n) is 5.58. The standard InChI is InChI=1S/C30H26O8/c1-26(2,3)24(32)28-27(23(31)19-15-17-22(34-4)18-16-19)25(33)35-29(28,20-11-7-5-8-12-20)38-30(36-27,37-28)21-13-9-6-10-14-21/h5-18H,1-4H3/t27-,28-,29-,30-/m1/s1. The van der Waals surface area contributed by atoms with Gasteiger partial charge in [0.15, 0.2) is 5.78 Å². The maximum Gasteiger partial charge on any atom is 0.353 e. The molecule has 194 valence electrons. The van der Waals surface area contributed by atoms with Gasteiger partial charge in [0.2, 0.25) is 11.4 Å². The van der Waals surface area contributed by atoms with Gasteiger partial charge in [-0.3, -0.25) is 23.8 Å². The molecule has 38 heavy (non-hydrogen) atoms. The summed E-state index contributed by atoms with van der Waals surface area (Å²) in [4.78, 5) is 43.0. The Hall–Kier alpha value is -3.85. The molecular weight excluding hydrogens is 488 g/mol. The van der Waals surface area contributed by atoms with E-state index in [9.17, 15) is 14.4 Å². The number of carbonyl (C=O) groups is 3. The van der Waals surface area contributed by atoms with Gasteiger partial charge < -0.3 is 9.47 Å². The minimum Gasteiger partial charge on any atom is -0.497 e. The van der Waals surface area contributed by atoms with E-state index in [0.717, 1.165) is 0 Å². The molecule has 0 amide bonds. The van der Waals surface area contributed by atoms with E-state index in [1.54, 1.807) is 93.6 Å². The number of ether oxygens (including phenoxy) is 5. The van der Waals surface area contributed by atoms with Crippen molar-refractivity contribution in [2.24, 2.45) is 5.41 Å². The molecule has 0 spiro atoms. The first-order valence-corrected chi connectivity index (χ1v) is 12.3. The monoisotopic (exact) mass is 514 g/mol. The molecule has 3 aliphatic heterocycles. The molecule has 6 rings (SSSR count). The maximum absolute atomic E-state index is 14.6. The number of hydrogen-bond acceptors (Lipinski definition) is 8. The average molecular weight is 515 g/mol. The average Bonchev–Trinajstić information content (AvgIpc) is 3.45. The number of hydrogen-bond donors (Lipinski definition) is 0. The quantitative estimate of drug-likeness (QED) is 0.273. The second kappa shape index (κ2) is 7.83. The lowest BCUT2D eigenvalue weighted by Gasteiger charge is -2.42. The lowest BCUT2D eigenvalue weighted by atomic mass is 9.65. The summed E-state index contributed by atoms with van der Waals surface area (Å²) < 4.78 is 30.6. The highest BCUT2D eigenvalue weighted by atomic mass is 17.0. The van der Waals surface area contributed by atoms with Gasteiger partial charge in [-0.15, -0.1) is 0 Å². The van der Waals surface area contributed by atoms with Gasteiger partial charge in [-0.1, -0.05) is 81.4 Å². The third-order valence-corrected chi connectivity index (χ3v) is 7.29. The van der Waals surface area contributed by atoms with Crippen LogP contribution in [0.5, 0.6) is 5.75 Å². The van der Waals surface area contributed by atoms with Crippen molar-refractivity contribution in [3.63, 3.8) is 0 Å². The number of ketones is 2. The van der Waals surface area contributed by atoms with Crippen molar-refractivity contribution in [3.8, 4) is 5.75 Å². The molecule has 3 aliphatic rings. The van der Waals surface area contributed by atoms with Crippen molar-refractivity contribution in [1.29, 1.82) is 0 Å². The zero-order chi connectivity index (χ0) is 27.0. The van der Waals surface area contributed by atoms with Crippen LogP contribution in [0.3, 0.4) is 0 Å². The van der Waals surface area contributed by atoms with E-state index in [1.807, 2.05) is 0 Å². The molecule has 3 fully saturated rings. The topological polar surface area (TPSA) is 97.4 Å². The summed E-state index contributed by atoms with van der Waals surface area (Å²) in [5, 5.41) is 0. The Morgan fingerprint density at radius 3 is 1.89 bits per heavy atom. The molecule has 0 aliphatic carbocycles. The molecule has 0 unspecified atom stereocenters. The molecule has 3 aromatic carbocycles. The van der Waals surface area contributed by atoms with Crippen molar-refractivity contribution in [2.75, 3.05) is 7.11 Å². The number of esters is 1. The van der Waals surface area contributed by atoms with Gasteiger partial charge in [-0.25, -0.2) is 4.79 Å². The van der Waals surface area contributed by atoms with Gasteiger partial charge in [0, 0.05) is 22.1 Å². The van der Waals surface area contributed by atoms with Crippen LogP contribution in [0.4, 0.5) is 0 Å². The van der Waals surface area contributed by atoms with Crippen molar-refractivity contribution in [3.05, 3.63) is 102 Å². The molecule has 0 N–H and O–H groups in total. The number of methoxy groups -OCH3 is 1. The van der Waals surface area contributed by atoms with Crippen molar-refractivity contribution in [1.82, 2.24) is 0 Å². The van der Waals surface area contributed by atoms with Crippen LogP contribution in [0.25, 0.3) is 0 Å². The summed E-state index contributed by atoms with van der Waals surface area (Å²) in [7, 11) is 1.50. The SMILES string of the molecule is COc1ccc(C(=O)[C@@]23O[C@@]4(c5ccccc5)O[C@@](c5ccccc5)(OC2=O)[C@]3(C(=O)C(C)(C)C)O4)cc1. The molecular formula is C30H26O8. The first-order valence-electron chi connectivity index (χ1n) is 12.3. The zero-order valence-electron chi connectivity index (χ0n) is 21.3. The van der Waals surface area contributed by atoms with E-state index in [-0.39, 0.29) is 5.56 Å². The van der Waals surface area contributed by atoms with Gasteiger partial charge in [0.1, 0.15) is 5.75 Å². The van der Waals surface area contributed by atoms with Crippen LogP contribution in [0.15, 0.2) is 84.9 Å². The van der Waals surface area contributed by atoms with E-state index in [0.29, 0.717) is 16.9 Å². The summed E-state index contributed by atoms with van der Waals surface area (Å²) in [6, 6.07) is 23.4. The van der Waals surface area contributed by atoms with Crippen LogP contribution >= 0.6 is 0 Å². The maximum atomic E-state index is 14.6. The second-order valence-corrected chi connectivity index (χ2v) is 10.6. The third kappa shape index (κ3) is 2.82. The van der Waals surface area contributed by atoms with Crippen LogP contribution < -0.4 is 4.74 Å². The van der Waals surface area contributed by atoms with Gasteiger partial charge in [0.05, 0.1) is 7.11 Å². The Kier molecular flexibility index (Phi) is 5.05. The molecule has 0 saturated carbocycles. The Morgan fingerprint density at radius 2 is 1.34 bits per heavy atom. The Balaban J connectivity index is 1.68. The lowest BCUT2D eigenvalue weighted by molar-refractivity contribution is -0.372. The highest BCUT2D eigenvalue weighted by Gasteiger charge is 2.97. The van der Waals surface area contributed by atoms with E-state index in [1.165, 1.54) is 19.2 Å². The first-order chi connectivity index (χ1) is 18.1. The molecule has 3 heterocycles. The highest BCUT2D eigenvalue weighted by molar-refractivity contribution is 6.23. The van der Waals surface area contributed by atoms with Gasteiger partial charge >= 0.3 is 11.9 Å². The van der Waals surface area contributed by atoms with E-state index in [2.05, 4.69) is 0 Å². The molecule has 0 aromatic heterocycles. The van der Waals surface area contributed by atoms with Crippen LogP contribution in [-0.4, -0.2) is 35.8 Å². The number of rotatable bonds is 6. The number of Topliss-reactive ketones (excluding diaryl/α,β-unsaturated/α-hetero) is 2. The second-order valence-electron chi connectivity index (χ2n) is 10.6. The van der Waals surface area contributed by atoms with Crippen LogP contribution in [-0.2, 0) is 40.3 Å². The van der Waals surface area contributed by atoms with Crippen LogP contribution in [0.2, 0.25) is 0 Å². The van der Waals surface area contributed by atoms with E-state index < -0.39 is 45.9 Å². The minimum absolute atomic E-state index is 0.118. The molecule has 2 bridgehead atoms. The predicted octanol–water partition coefficient (Wildman–Crippen LogP) is 4.27. The Morgan fingerprint density at radius 1 is 0.763 bits per heavy atom. The molecule has 0 radical (unpaired) electrons. The largest absolute Gasteiger partial charge is 0.497 e. The lowest BCUT2D eigenvalue weighted by Crippen LogP contribution is -2.70. The fraction of sp³-hybridized carbons (Fsp3) is 0.300. The number of fused-ring (bicyclic) bond motifs is 1. The first kappa shape index (κ1) is 24.5. The van der Waals surface area contributed by atoms with Crippen molar-refractivity contribution >= 4 is 17.5 Å². The minimum atomic E-state index is -2.49. The highest BCUT2D eigenvalue weighted by Crippen LogP contribution is 2.72. The van der Waals surface area contributed by atoms with Crippen LogP contribution in [0, 0.1) is 5.41 Å². The normalized spacial score (nSPS) is 31.2. The summed E-state index contributed by atoms with van der Waals surface area (Å²) in [6.07, 6.45) is 0. The van der Waals surface area contributed by atoms with E-state index in [4.69, 9.17) is 23.7 Å². The molecule has 8 nitrogen and oxygen atoms in total. The smallest absolute Gasteiger partial charge is 0.353 e. The fourth-order valence-corrected chi connectivity index (χ4v) is 5.58. The van der Waals surface area contributed by atoms with Crippen molar-refractivity contribution < 1.29 is 38.1 Å². The predicted molar refractivity (Wildman–Crippen MR) is 133 cm³/mol. The molecule has 4 atom stereocenters. The molecule has 3 aromatic rings. The summed E-state index contributed by atoms with van der Waals surface area (Å²) in [5.41, 5.74) is -5.06. The van der Waals surface area contributed by atoms with E-state index >= 15 is 0 Å². The molecule has 8 heteroatoms. The van der Waals surface area contributed by atoms with Crippen molar-refractivity contribution in [2.45, 2.75) is 43.7 Å². The summed E-state index contributed by atoms with van der Waals surface area (Å²) >= 11 is 0. The zero-order valence-corrected chi connectivity index (χ0v) is 21.3. The summed E-state index contributed by atoms with van der Waals surface area (Å²) in [5.74, 6) is -6.06. The van der Waals surface area contributed by atoms with Gasteiger partial charge in [0.25, 0.3) is 11.4 Å². The van der Waals surface area contributed by atoms with Gasteiger partial charge in [-0.05, 0) is 24.3 Å². The third-order valence-electron chi connectivity index (χ3n) is 7.29. The number of carbonyl (C=O) groups excluding carboxylic acids is 3. The summed E-state index contributed by atoms with van der Waals surface area (Å²) in [6.45, 7) is 5.05. The van der Waals surface area contributed by atoms with Crippen LogP contribution in [0.1, 0.15) is 42.3 Å². The molecule has 3 saturated heterocycles. The number of benzene rings is 3. The Bertz CT molecular complexity index is 1450.